The summed E-state index contributed by atoms with van der Waals surface area (Å²) in [5.41, 5.74) is 0.0432. The van der Waals surface area contributed by atoms with Gasteiger partial charge in [-0.15, -0.1) is 0 Å². The molecule has 2 N–H and O–H groups in total. The lowest BCUT2D eigenvalue weighted by Crippen LogP contribution is -2.19. The molecule has 0 saturated carbocycles. The Morgan fingerprint density at radius 3 is 2.38 bits per heavy atom. The maximum atomic E-state index is 12.2. The van der Waals surface area contributed by atoms with Gasteiger partial charge in [0.15, 0.2) is 0 Å². The Balaban J connectivity index is 2.32. The van der Waals surface area contributed by atoms with Crippen LogP contribution in [0.25, 0.3) is 0 Å². The molecular weight excluding hydrogens is 272 g/mol. The summed E-state index contributed by atoms with van der Waals surface area (Å²) < 4.78 is 4.97. The first-order chi connectivity index (χ1) is 9.97. The van der Waals surface area contributed by atoms with Crippen molar-refractivity contribution in [1.29, 1.82) is 0 Å². The zero-order valence-corrected chi connectivity index (χ0v) is 11.6. The first-order valence-corrected chi connectivity index (χ1v) is 6.26. The average molecular weight is 286 g/mol. The molecule has 6 heteroatoms. The molecule has 0 fully saturated rings. The van der Waals surface area contributed by atoms with E-state index in [0.717, 1.165) is 0 Å². The van der Waals surface area contributed by atoms with Gasteiger partial charge in [-0.2, -0.15) is 0 Å². The third kappa shape index (κ3) is 3.56. The highest BCUT2D eigenvalue weighted by Gasteiger charge is 2.15. The summed E-state index contributed by atoms with van der Waals surface area (Å²) in [7, 11) is 0. The van der Waals surface area contributed by atoms with E-state index in [9.17, 15) is 14.4 Å². The van der Waals surface area contributed by atoms with Gasteiger partial charge in [-0.1, -0.05) is 18.2 Å². The van der Waals surface area contributed by atoms with Crippen LogP contribution >= 0.6 is 0 Å². The zero-order valence-electron chi connectivity index (χ0n) is 11.6. The molecule has 0 bridgehead atoms. The summed E-state index contributed by atoms with van der Waals surface area (Å²) in [5.74, 6) is -0.655. The van der Waals surface area contributed by atoms with E-state index in [2.05, 4.69) is 10.6 Å². The van der Waals surface area contributed by atoms with Gasteiger partial charge >= 0.3 is 5.63 Å². The van der Waals surface area contributed by atoms with Crippen molar-refractivity contribution >= 4 is 23.2 Å². The molecular formula is C15H14N2O4. The molecule has 1 aromatic carbocycles. The highest BCUT2D eigenvalue weighted by atomic mass is 16.4. The van der Waals surface area contributed by atoms with Crippen LogP contribution in [0.2, 0.25) is 0 Å². The van der Waals surface area contributed by atoms with Crippen LogP contribution in [0.4, 0.5) is 11.4 Å². The Hall–Kier alpha value is -2.89. The van der Waals surface area contributed by atoms with E-state index in [1.807, 2.05) is 6.07 Å². The predicted octanol–water partition coefficient (Wildman–Crippen LogP) is 2.16. The molecule has 2 rings (SSSR count). The Kier molecular flexibility index (Phi) is 4.18. The lowest BCUT2D eigenvalue weighted by atomic mass is 10.2. The number of carbonyl (C=O) groups excluding carboxylic acids is 2. The zero-order chi connectivity index (χ0) is 15.4. The molecule has 0 aliphatic carbocycles. The van der Waals surface area contributed by atoms with Crippen molar-refractivity contribution in [2.24, 2.45) is 0 Å². The summed E-state index contributed by atoms with van der Waals surface area (Å²) in [6.07, 6.45) is 0. The lowest BCUT2D eigenvalue weighted by molar-refractivity contribution is -0.114. The van der Waals surface area contributed by atoms with Crippen molar-refractivity contribution in [3.8, 4) is 0 Å². The smallest absolute Gasteiger partial charge is 0.359 e. The van der Waals surface area contributed by atoms with E-state index in [1.165, 1.54) is 19.9 Å². The van der Waals surface area contributed by atoms with Crippen molar-refractivity contribution in [3.05, 3.63) is 58.1 Å². The fourth-order valence-corrected chi connectivity index (χ4v) is 1.78. The minimum atomic E-state index is -0.695. The summed E-state index contributed by atoms with van der Waals surface area (Å²) in [6, 6.07) is 10.2. The number of anilines is 2. The fourth-order valence-electron chi connectivity index (χ4n) is 1.78. The number of benzene rings is 1. The highest BCUT2D eigenvalue weighted by Crippen LogP contribution is 2.14. The lowest BCUT2D eigenvalue weighted by Gasteiger charge is -2.08. The third-order valence-electron chi connectivity index (χ3n) is 2.72. The van der Waals surface area contributed by atoms with Gasteiger partial charge < -0.3 is 15.1 Å². The molecule has 2 amide bonds. The highest BCUT2D eigenvalue weighted by molar-refractivity contribution is 6.05. The molecule has 21 heavy (non-hydrogen) atoms. The molecule has 0 radical (unpaired) electrons. The molecule has 0 unspecified atom stereocenters. The van der Waals surface area contributed by atoms with Crippen molar-refractivity contribution < 1.29 is 14.0 Å². The van der Waals surface area contributed by atoms with Gasteiger partial charge in [-0.3, -0.25) is 9.59 Å². The van der Waals surface area contributed by atoms with Gasteiger partial charge in [0.05, 0.1) is 5.56 Å². The predicted molar refractivity (Wildman–Crippen MR) is 78.4 cm³/mol. The van der Waals surface area contributed by atoms with Crippen LogP contribution in [0.3, 0.4) is 0 Å². The third-order valence-corrected chi connectivity index (χ3v) is 2.72. The van der Waals surface area contributed by atoms with Crippen LogP contribution in [0, 0.1) is 6.92 Å². The van der Waals surface area contributed by atoms with E-state index in [-0.39, 0.29) is 17.0 Å². The Morgan fingerprint density at radius 1 is 1.10 bits per heavy atom. The summed E-state index contributed by atoms with van der Waals surface area (Å²) >= 11 is 0. The topological polar surface area (TPSA) is 88.4 Å². The van der Waals surface area contributed by atoms with Crippen LogP contribution in [0.1, 0.15) is 23.0 Å². The summed E-state index contributed by atoms with van der Waals surface area (Å²) in [6.45, 7) is 2.78. The molecule has 6 nitrogen and oxygen atoms in total. The van der Waals surface area contributed by atoms with Crippen LogP contribution in [0.5, 0.6) is 0 Å². The van der Waals surface area contributed by atoms with Crippen LogP contribution in [0.15, 0.2) is 45.6 Å². The molecule has 2 aromatic rings. The number of nitrogens with one attached hydrogen (secondary N) is 2. The van der Waals surface area contributed by atoms with E-state index in [0.29, 0.717) is 5.69 Å². The van der Waals surface area contributed by atoms with E-state index < -0.39 is 17.4 Å². The Bertz CT molecular complexity index is 735. The van der Waals surface area contributed by atoms with Gasteiger partial charge in [0.1, 0.15) is 11.4 Å². The maximum Gasteiger partial charge on any atom is 0.359 e. The number of aryl methyl sites for hydroxylation is 1. The number of hydrogen-bond acceptors (Lipinski definition) is 4. The molecule has 0 aliphatic heterocycles. The first kappa shape index (κ1) is 14.5. The van der Waals surface area contributed by atoms with Gasteiger partial charge in [0.25, 0.3) is 5.91 Å². The molecule has 0 atom stereocenters. The van der Waals surface area contributed by atoms with Gasteiger partial charge in [0, 0.05) is 12.6 Å². The van der Waals surface area contributed by atoms with Crippen LogP contribution < -0.4 is 16.3 Å². The second-order valence-electron chi connectivity index (χ2n) is 4.42. The van der Waals surface area contributed by atoms with Crippen molar-refractivity contribution in [1.82, 2.24) is 0 Å². The minimum Gasteiger partial charge on any atom is -0.426 e. The fraction of sp³-hybridized carbons (Fsp3) is 0.133. The SMILES string of the molecule is CC(=O)Nc1cc(C(=O)Nc2ccccc2)c(C)oc1=O. The number of amides is 2. The molecule has 1 aromatic heterocycles. The van der Waals surface area contributed by atoms with Gasteiger partial charge in [0.2, 0.25) is 5.91 Å². The number of carbonyl (C=O) groups is 2. The number of rotatable bonds is 3. The molecule has 0 saturated heterocycles. The molecule has 0 spiro atoms. The average Bonchev–Trinajstić information content (AvgIpc) is 2.42. The van der Waals surface area contributed by atoms with Crippen molar-refractivity contribution in [2.45, 2.75) is 13.8 Å². The van der Waals surface area contributed by atoms with Crippen LogP contribution in [-0.2, 0) is 4.79 Å². The van der Waals surface area contributed by atoms with Gasteiger partial charge in [-0.25, -0.2) is 4.79 Å². The van der Waals surface area contributed by atoms with Crippen molar-refractivity contribution in [3.63, 3.8) is 0 Å². The maximum absolute atomic E-state index is 12.2. The second-order valence-corrected chi connectivity index (χ2v) is 4.42. The molecule has 1 heterocycles. The van der Waals surface area contributed by atoms with E-state index in [4.69, 9.17) is 4.42 Å². The standard InChI is InChI=1S/C15H14N2O4/c1-9-12(8-13(15(20)21-9)16-10(2)18)14(19)17-11-6-4-3-5-7-11/h3-8H,1-2H3,(H,16,18)(H,17,19). The normalized spacial score (nSPS) is 10.0. The monoisotopic (exact) mass is 286 g/mol. The summed E-state index contributed by atoms with van der Waals surface area (Å²) in [4.78, 5) is 34.8. The first-order valence-electron chi connectivity index (χ1n) is 6.26. The Morgan fingerprint density at radius 2 is 1.76 bits per heavy atom. The second kappa shape index (κ2) is 6.04. The number of para-hydroxylation sites is 1. The summed E-state index contributed by atoms with van der Waals surface area (Å²) in [5, 5.41) is 5.02. The largest absolute Gasteiger partial charge is 0.426 e. The quantitative estimate of drug-likeness (QED) is 0.905. The number of hydrogen-bond donors (Lipinski definition) is 2. The van der Waals surface area contributed by atoms with Gasteiger partial charge in [-0.05, 0) is 25.1 Å². The molecule has 108 valence electrons. The minimum absolute atomic E-state index is 0.0636. The van der Waals surface area contributed by atoms with E-state index >= 15 is 0 Å². The van der Waals surface area contributed by atoms with Crippen molar-refractivity contribution in [2.75, 3.05) is 10.6 Å². The van der Waals surface area contributed by atoms with Crippen LogP contribution in [-0.4, -0.2) is 11.8 Å². The molecule has 0 aliphatic rings. The Labute approximate surface area is 120 Å². The van der Waals surface area contributed by atoms with E-state index in [1.54, 1.807) is 24.3 Å².